The Morgan fingerprint density at radius 3 is 2.84 bits per heavy atom. The first-order valence-electron chi connectivity index (χ1n) is 9.01. The van der Waals surface area contributed by atoms with Gasteiger partial charge in [0, 0.05) is 52.1 Å². The van der Waals surface area contributed by atoms with Crippen LogP contribution in [0.4, 0.5) is 0 Å². The third-order valence-electron chi connectivity index (χ3n) is 5.01. The summed E-state index contributed by atoms with van der Waals surface area (Å²) >= 11 is 0. The van der Waals surface area contributed by atoms with Crippen LogP contribution in [0.5, 0.6) is 0 Å². The van der Waals surface area contributed by atoms with Gasteiger partial charge in [-0.25, -0.2) is 0 Å². The summed E-state index contributed by atoms with van der Waals surface area (Å²) in [6.45, 7) is 4.45. The van der Waals surface area contributed by atoms with E-state index in [0.717, 1.165) is 26.1 Å². The third kappa shape index (κ3) is 5.03. The zero-order valence-corrected chi connectivity index (χ0v) is 14.8. The predicted octanol–water partition coefficient (Wildman–Crippen LogP) is 0.872. The molecular weight excluding hydrogens is 318 g/mol. The summed E-state index contributed by atoms with van der Waals surface area (Å²) in [5, 5.41) is 2.98. The molecule has 6 heteroatoms. The fourth-order valence-corrected chi connectivity index (χ4v) is 3.41. The van der Waals surface area contributed by atoms with Crippen molar-refractivity contribution >= 4 is 11.8 Å². The number of nitrogens with zero attached hydrogens (tertiary/aromatic N) is 2. The van der Waals surface area contributed by atoms with Gasteiger partial charge in [0.15, 0.2) is 0 Å². The lowest BCUT2D eigenvalue weighted by Crippen LogP contribution is -2.49. The summed E-state index contributed by atoms with van der Waals surface area (Å²) in [6, 6.07) is 10.4. The van der Waals surface area contributed by atoms with E-state index in [9.17, 15) is 9.59 Å². The molecule has 1 aromatic rings. The van der Waals surface area contributed by atoms with Crippen molar-refractivity contribution in [2.75, 3.05) is 39.8 Å². The molecule has 0 radical (unpaired) electrons. The van der Waals surface area contributed by atoms with Gasteiger partial charge in [-0.3, -0.25) is 14.5 Å². The summed E-state index contributed by atoms with van der Waals surface area (Å²) < 4.78 is 5.79. The average Bonchev–Trinajstić information content (AvgIpc) is 2.63. The smallest absolute Gasteiger partial charge is 0.223 e. The summed E-state index contributed by atoms with van der Waals surface area (Å²) in [7, 11) is 1.79. The van der Waals surface area contributed by atoms with Gasteiger partial charge in [-0.2, -0.15) is 0 Å². The fourth-order valence-electron chi connectivity index (χ4n) is 3.41. The van der Waals surface area contributed by atoms with Gasteiger partial charge in [0.2, 0.25) is 11.8 Å². The second-order valence-electron chi connectivity index (χ2n) is 6.96. The number of hydrogen-bond acceptors (Lipinski definition) is 4. The van der Waals surface area contributed by atoms with Gasteiger partial charge in [-0.1, -0.05) is 30.3 Å². The molecule has 0 spiro atoms. The van der Waals surface area contributed by atoms with Crippen molar-refractivity contribution in [1.29, 1.82) is 0 Å². The van der Waals surface area contributed by atoms with E-state index in [0.29, 0.717) is 26.1 Å². The maximum absolute atomic E-state index is 12.3. The highest BCUT2D eigenvalue weighted by Crippen LogP contribution is 2.17. The Morgan fingerprint density at radius 2 is 2.08 bits per heavy atom. The van der Waals surface area contributed by atoms with Crippen LogP contribution in [0, 0.1) is 5.92 Å². The van der Waals surface area contributed by atoms with Gasteiger partial charge in [0.25, 0.3) is 0 Å². The molecule has 6 nitrogen and oxygen atoms in total. The standard InChI is InChI=1S/C19H27N3O3/c1-21-8-7-16(11-18(21)23)19(24)20-12-17-14-22(9-10-25-17)13-15-5-3-2-4-6-15/h2-6,16-17H,7-14H2,1H3,(H,20,24). The highest BCUT2D eigenvalue weighted by molar-refractivity contribution is 5.86. The molecule has 2 fully saturated rings. The van der Waals surface area contributed by atoms with E-state index in [1.807, 2.05) is 6.07 Å². The molecule has 0 aliphatic carbocycles. The van der Waals surface area contributed by atoms with Crippen molar-refractivity contribution in [3.63, 3.8) is 0 Å². The van der Waals surface area contributed by atoms with Crippen LogP contribution in [0.3, 0.4) is 0 Å². The number of morpholine rings is 1. The van der Waals surface area contributed by atoms with Crippen LogP contribution in [0.2, 0.25) is 0 Å². The van der Waals surface area contributed by atoms with Crippen molar-refractivity contribution in [1.82, 2.24) is 15.1 Å². The number of ether oxygens (including phenoxy) is 1. The molecule has 2 amide bonds. The Kier molecular flexibility index (Phi) is 6.04. The van der Waals surface area contributed by atoms with Crippen LogP contribution in [0.25, 0.3) is 0 Å². The van der Waals surface area contributed by atoms with Crippen LogP contribution in [0.15, 0.2) is 30.3 Å². The molecule has 25 heavy (non-hydrogen) atoms. The SMILES string of the molecule is CN1CCC(C(=O)NCC2CN(Cc3ccccc3)CCO2)CC1=O. The van der Waals surface area contributed by atoms with Crippen molar-refractivity contribution in [3.05, 3.63) is 35.9 Å². The number of carbonyl (C=O) groups excluding carboxylic acids is 2. The first-order chi connectivity index (χ1) is 12.1. The number of nitrogens with one attached hydrogen (secondary N) is 1. The average molecular weight is 345 g/mol. The van der Waals surface area contributed by atoms with Crippen LogP contribution in [-0.4, -0.2) is 67.6 Å². The number of piperidine rings is 1. The first-order valence-corrected chi connectivity index (χ1v) is 9.01. The number of likely N-dealkylation sites (tertiary alicyclic amines) is 1. The zero-order valence-electron chi connectivity index (χ0n) is 14.8. The normalized spacial score (nSPS) is 25.0. The van der Waals surface area contributed by atoms with Crippen LogP contribution in [0.1, 0.15) is 18.4 Å². The minimum Gasteiger partial charge on any atom is -0.374 e. The van der Waals surface area contributed by atoms with Gasteiger partial charge in [0.1, 0.15) is 0 Å². The summed E-state index contributed by atoms with van der Waals surface area (Å²) in [5.74, 6) is -0.174. The summed E-state index contributed by atoms with van der Waals surface area (Å²) in [4.78, 5) is 28.1. The molecule has 1 aromatic carbocycles. The molecule has 1 N–H and O–H groups in total. The van der Waals surface area contributed by atoms with E-state index < -0.39 is 0 Å². The Morgan fingerprint density at radius 1 is 1.28 bits per heavy atom. The van der Waals surface area contributed by atoms with Crippen LogP contribution in [-0.2, 0) is 20.9 Å². The lowest BCUT2D eigenvalue weighted by molar-refractivity contribution is -0.139. The first kappa shape index (κ1) is 17.9. The van der Waals surface area contributed by atoms with Gasteiger partial charge in [-0.15, -0.1) is 0 Å². The number of carbonyl (C=O) groups is 2. The Labute approximate surface area is 149 Å². The molecule has 2 atom stereocenters. The Hall–Kier alpha value is -1.92. The molecule has 2 aliphatic rings. The second-order valence-corrected chi connectivity index (χ2v) is 6.96. The monoisotopic (exact) mass is 345 g/mol. The molecular formula is C19H27N3O3. The summed E-state index contributed by atoms with van der Waals surface area (Å²) in [6.07, 6.45) is 1.05. The quantitative estimate of drug-likeness (QED) is 0.860. The van der Waals surface area contributed by atoms with Gasteiger partial charge in [0.05, 0.1) is 12.7 Å². The Bertz CT molecular complexity index is 593. The lowest BCUT2D eigenvalue weighted by atomic mass is 9.95. The minimum absolute atomic E-state index is 0.00313. The Balaban J connectivity index is 1.43. The van der Waals surface area contributed by atoms with Gasteiger partial charge < -0.3 is 15.0 Å². The number of rotatable bonds is 5. The van der Waals surface area contributed by atoms with Crippen LogP contribution >= 0.6 is 0 Å². The van der Waals surface area contributed by atoms with E-state index >= 15 is 0 Å². The second kappa shape index (κ2) is 8.45. The maximum Gasteiger partial charge on any atom is 0.223 e. The third-order valence-corrected chi connectivity index (χ3v) is 5.01. The van der Waals surface area contributed by atoms with Gasteiger partial charge in [-0.05, 0) is 12.0 Å². The van der Waals surface area contributed by atoms with Crippen LogP contribution < -0.4 is 5.32 Å². The number of benzene rings is 1. The highest BCUT2D eigenvalue weighted by Gasteiger charge is 2.29. The topological polar surface area (TPSA) is 61.9 Å². The number of hydrogen-bond donors (Lipinski definition) is 1. The zero-order chi connectivity index (χ0) is 17.6. The van der Waals surface area contributed by atoms with E-state index in [1.54, 1.807) is 11.9 Å². The van der Waals surface area contributed by atoms with E-state index in [1.165, 1.54) is 5.56 Å². The predicted molar refractivity (Wildman–Crippen MR) is 94.8 cm³/mol. The largest absolute Gasteiger partial charge is 0.374 e. The highest BCUT2D eigenvalue weighted by atomic mass is 16.5. The van der Waals surface area contributed by atoms with Crippen molar-refractivity contribution in [2.24, 2.45) is 5.92 Å². The molecule has 2 heterocycles. The maximum atomic E-state index is 12.3. The molecule has 2 saturated heterocycles. The van der Waals surface area contributed by atoms with Crippen molar-refractivity contribution in [2.45, 2.75) is 25.5 Å². The van der Waals surface area contributed by atoms with E-state index in [-0.39, 0.29) is 23.8 Å². The minimum atomic E-state index is -0.201. The molecule has 2 unspecified atom stereocenters. The molecule has 0 saturated carbocycles. The molecule has 2 aliphatic heterocycles. The van der Waals surface area contributed by atoms with Gasteiger partial charge >= 0.3 is 0 Å². The summed E-state index contributed by atoms with van der Waals surface area (Å²) in [5.41, 5.74) is 1.29. The lowest BCUT2D eigenvalue weighted by Gasteiger charge is -2.33. The van der Waals surface area contributed by atoms with Crippen molar-refractivity contribution in [3.8, 4) is 0 Å². The molecule has 3 rings (SSSR count). The van der Waals surface area contributed by atoms with E-state index in [4.69, 9.17) is 4.74 Å². The fraction of sp³-hybridized carbons (Fsp3) is 0.579. The van der Waals surface area contributed by atoms with E-state index in [2.05, 4.69) is 34.5 Å². The number of amides is 2. The van der Waals surface area contributed by atoms with Crippen molar-refractivity contribution < 1.29 is 14.3 Å². The molecule has 0 aromatic heterocycles. The molecule has 0 bridgehead atoms. The molecule has 136 valence electrons.